The highest BCUT2D eigenvalue weighted by Gasteiger charge is 2.27. The van der Waals surface area contributed by atoms with E-state index in [4.69, 9.17) is 4.74 Å². The number of carbonyl (C=O) groups is 1. The van der Waals surface area contributed by atoms with Crippen LogP contribution in [0.25, 0.3) is 0 Å². The van der Waals surface area contributed by atoms with Crippen molar-refractivity contribution in [2.45, 2.75) is 31.2 Å². The largest absolute Gasteiger partial charge is 0.492 e. The molecular formula is C23H31N3O6S2. The molecule has 34 heavy (non-hydrogen) atoms. The first-order chi connectivity index (χ1) is 16.1. The smallest absolute Gasteiger partial charge is 0.243 e. The minimum Gasteiger partial charge on any atom is -0.492 e. The van der Waals surface area contributed by atoms with E-state index in [9.17, 15) is 21.6 Å². The SMILES string of the molecule is Cc1ccc(CN(CC(=O)NCCOc2ccc(S(=O)(=O)N3CCCC3)cc2)S(C)(=O)=O)cc1. The normalized spacial score (nSPS) is 14.9. The van der Waals surface area contributed by atoms with Gasteiger partial charge >= 0.3 is 0 Å². The second-order valence-electron chi connectivity index (χ2n) is 8.30. The Hall–Kier alpha value is -2.47. The first-order valence-electron chi connectivity index (χ1n) is 11.1. The first kappa shape index (κ1) is 26.1. The zero-order valence-corrected chi connectivity index (χ0v) is 21.1. The highest BCUT2D eigenvalue weighted by Crippen LogP contribution is 2.22. The quantitative estimate of drug-likeness (QED) is 0.462. The Kier molecular flexibility index (Phi) is 8.69. The van der Waals surface area contributed by atoms with Crippen molar-refractivity contribution in [3.63, 3.8) is 0 Å². The number of rotatable bonds is 11. The van der Waals surface area contributed by atoms with Gasteiger partial charge in [-0.2, -0.15) is 8.61 Å². The summed E-state index contributed by atoms with van der Waals surface area (Å²) in [6.07, 6.45) is 2.82. The van der Waals surface area contributed by atoms with Crippen molar-refractivity contribution in [2.24, 2.45) is 0 Å². The third-order valence-corrected chi connectivity index (χ3v) is 8.60. The van der Waals surface area contributed by atoms with Gasteiger partial charge in [-0.05, 0) is 49.6 Å². The molecule has 1 fully saturated rings. The van der Waals surface area contributed by atoms with Crippen LogP contribution < -0.4 is 10.1 Å². The summed E-state index contributed by atoms with van der Waals surface area (Å²) >= 11 is 0. The molecule has 186 valence electrons. The van der Waals surface area contributed by atoms with Crippen LogP contribution in [-0.4, -0.2) is 70.4 Å². The summed E-state index contributed by atoms with van der Waals surface area (Å²) in [6.45, 7) is 3.17. The second kappa shape index (κ2) is 11.3. The summed E-state index contributed by atoms with van der Waals surface area (Å²) in [5.74, 6) is 0.0416. The van der Waals surface area contributed by atoms with Gasteiger partial charge in [0.25, 0.3) is 0 Å². The third-order valence-electron chi connectivity index (χ3n) is 5.49. The van der Waals surface area contributed by atoms with Crippen LogP contribution in [0, 0.1) is 6.92 Å². The van der Waals surface area contributed by atoms with Crippen molar-refractivity contribution in [1.82, 2.24) is 13.9 Å². The van der Waals surface area contributed by atoms with Gasteiger partial charge in [-0.1, -0.05) is 29.8 Å². The average Bonchev–Trinajstić information content (AvgIpc) is 3.33. The number of amides is 1. The van der Waals surface area contributed by atoms with Crippen LogP contribution >= 0.6 is 0 Å². The molecule has 0 radical (unpaired) electrons. The Labute approximate surface area is 201 Å². The number of aryl methyl sites for hydroxylation is 1. The maximum absolute atomic E-state index is 12.6. The lowest BCUT2D eigenvalue weighted by atomic mass is 10.1. The summed E-state index contributed by atoms with van der Waals surface area (Å²) < 4.78 is 57.5. The maximum Gasteiger partial charge on any atom is 0.243 e. The van der Waals surface area contributed by atoms with E-state index in [0.29, 0.717) is 18.8 Å². The van der Waals surface area contributed by atoms with Gasteiger partial charge < -0.3 is 10.1 Å². The summed E-state index contributed by atoms with van der Waals surface area (Å²) in [7, 11) is -7.05. The molecule has 1 aliphatic heterocycles. The van der Waals surface area contributed by atoms with Crippen LogP contribution in [0.3, 0.4) is 0 Å². The molecule has 9 nitrogen and oxygen atoms in total. The molecule has 2 aromatic rings. The molecule has 0 atom stereocenters. The number of hydrogen-bond acceptors (Lipinski definition) is 6. The fraction of sp³-hybridized carbons (Fsp3) is 0.435. The first-order valence-corrected chi connectivity index (χ1v) is 14.3. The molecule has 1 heterocycles. The molecule has 11 heteroatoms. The number of benzene rings is 2. The summed E-state index contributed by atoms with van der Waals surface area (Å²) in [5.41, 5.74) is 1.86. The van der Waals surface area contributed by atoms with Crippen LogP contribution in [0.2, 0.25) is 0 Å². The monoisotopic (exact) mass is 509 g/mol. The van der Waals surface area contributed by atoms with Gasteiger partial charge in [-0.25, -0.2) is 16.8 Å². The van der Waals surface area contributed by atoms with Crippen LogP contribution in [0.4, 0.5) is 0 Å². The summed E-state index contributed by atoms with van der Waals surface area (Å²) in [5, 5.41) is 2.65. The van der Waals surface area contributed by atoms with Gasteiger partial charge in [0, 0.05) is 19.6 Å². The molecule has 0 aliphatic carbocycles. The molecule has 3 rings (SSSR count). The number of hydrogen-bond donors (Lipinski definition) is 1. The maximum atomic E-state index is 12.6. The lowest BCUT2D eigenvalue weighted by Crippen LogP contribution is -2.40. The van der Waals surface area contributed by atoms with Gasteiger partial charge in [-0.15, -0.1) is 0 Å². The number of nitrogens with zero attached hydrogens (tertiary/aromatic N) is 2. The van der Waals surface area contributed by atoms with E-state index in [1.165, 1.54) is 16.4 Å². The van der Waals surface area contributed by atoms with Crippen molar-refractivity contribution >= 4 is 26.0 Å². The second-order valence-corrected chi connectivity index (χ2v) is 12.2. The molecule has 2 aromatic carbocycles. The standard InChI is InChI=1S/C23H31N3O6S2/c1-19-5-7-20(8-6-19)17-26(33(2,28)29)18-23(27)24-13-16-32-21-9-11-22(12-10-21)34(30,31)25-14-3-4-15-25/h5-12H,3-4,13-18H2,1-2H3,(H,24,27). The molecule has 1 N–H and O–H groups in total. The molecule has 0 saturated carbocycles. The Morgan fingerprint density at radius 1 is 1.00 bits per heavy atom. The van der Waals surface area contributed by atoms with E-state index in [1.54, 1.807) is 12.1 Å². The Bertz CT molecular complexity index is 1170. The third kappa shape index (κ3) is 7.26. The molecule has 0 bridgehead atoms. The Balaban J connectivity index is 1.46. The zero-order chi connectivity index (χ0) is 24.8. The topological polar surface area (TPSA) is 113 Å². The van der Waals surface area contributed by atoms with E-state index in [1.807, 2.05) is 31.2 Å². The molecule has 0 unspecified atom stereocenters. The summed E-state index contributed by atoms with van der Waals surface area (Å²) in [4.78, 5) is 12.5. The Morgan fingerprint density at radius 2 is 1.62 bits per heavy atom. The molecule has 1 aliphatic rings. The predicted molar refractivity (Wildman–Crippen MR) is 129 cm³/mol. The van der Waals surface area contributed by atoms with Crippen molar-refractivity contribution in [3.05, 3.63) is 59.7 Å². The van der Waals surface area contributed by atoms with E-state index in [2.05, 4.69) is 5.32 Å². The van der Waals surface area contributed by atoms with Gasteiger partial charge in [0.15, 0.2) is 0 Å². The number of ether oxygens (including phenoxy) is 1. The molecule has 1 saturated heterocycles. The average molecular weight is 510 g/mol. The van der Waals surface area contributed by atoms with E-state index < -0.39 is 26.0 Å². The lowest BCUT2D eigenvalue weighted by Gasteiger charge is -2.19. The zero-order valence-electron chi connectivity index (χ0n) is 19.4. The van der Waals surface area contributed by atoms with Gasteiger partial charge in [0.05, 0.1) is 24.2 Å². The fourth-order valence-electron chi connectivity index (χ4n) is 3.55. The van der Waals surface area contributed by atoms with E-state index in [0.717, 1.165) is 34.5 Å². The van der Waals surface area contributed by atoms with Gasteiger partial charge in [0.1, 0.15) is 12.4 Å². The van der Waals surface area contributed by atoms with Crippen molar-refractivity contribution < 1.29 is 26.4 Å². The van der Waals surface area contributed by atoms with Crippen molar-refractivity contribution in [1.29, 1.82) is 0 Å². The minimum atomic E-state index is -3.58. The number of carbonyl (C=O) groups excluding carboxylic acids is 1. The lowest BCUT2D eigenvalue weighted by molar-refractivity contribution is -0.121. The predicted octanol–water partition coefficient (Wildman–Crippen LogP) is 1.74. The number of sulfonamides is 2. The van der Waals surface area contributed by atoms with Crippen molar-refractivity contribution in [3.8, 4) is 5.75 Å². The molecular weight excluding hydrogens is 478 g/mol. The van der Waals surface area contributed by atoms with E-state index >= 15 is 0 Å². The van der Waals surface area contributed by atoms with Crippen LogP contribution in [0.1, 0.15) is 24.0 Å². The van der Waals surface area contributed by atoms with Crippen LogP contribution in [-0.2, 0) is 31.4 Å². The van der Waals surface area contributed by atoms with Crippen molar-refractivity contribution in [2.75, 3.05) is 39.0 Å². The van der Waals surface area contributed by atoms with Crippen LogP contribution in [0.15, 0.2) is 53.4 Å². The van der Waals surface area contributed by atoms with Gasteiger partial charge in [0.2, 0.25) is 26.0 Å². The fourth-order valence-corrected chi connectivity index (χ4v) is 5.80. The van der Waals surface area contributed by atoms with Gasteiger partial charge in [-0.3, -0.25) is 4.79 Å². The van der Waals surface area contributed by atoms with Crippen LogP contribution in [0.5, 0.6) is 5.75 Å². The highest BCUT2D eigenvalue weighted by molar-refractivity contribution is 7.89. The number of nitrogens with one attached hydrogen (secondary N) is 1. The molecule has 1 amide bonds. The van der Waals surface area contributed by atoms with E-state index in [-0.39, 0.29) is 31.1 Å². The highest BCUT2D eigenvalue weighted by atomic mass is 32.2. The molecule has 0 spiro atoms. The Morgan fingerprint density at radius 3 is 2.21 bits per heavy atom. The summed E-state index contributed by atoms with van der Waals surface area (Å²) in [6, 6.07) is 13.6. The molecule has 0 aromatic heterocycles. The minimum absolute atomic E-state index is 0.107.